The Hall–Kier alpha value is -0.530. The summed E-state index contributed by atoms with van der Waals surface area (Å²) in [7, 11) is 0. The molecule has 1 atom stereocenters. The fraction of sp³-hybridized carbons (Fsp3) is 0.500. The maximum atomic E-state index is 6.16. The van der Waals surface area contributed by atoms with Crippen molar-refractivity contribution in [1.82, 2.24) is 5.32 Å². The van der Waals surface area contributed by atoms with E-state index in [9.17, 15) is 0 Å². The van der Waals surface area contributed by atoms with Crippen LogP contribution in [0.3, 0.4) is 0 Å². The predicted octanol–water partition coefficient (Wildman–Crippen LogP) is 3.28. The third-order valence-corrected chi connectivity index (χ3v) is 3.96. The fourth-order valence-electron chi connectivity index (χ4n) is 2.57. The minimum Gasteiger partial charge on any atom is -0.306 e. The van der Waals surface area contributed by atoms with Gasteiger partial charge in [0.25, 0.3) is 0 Å². The Balaban J connectivity index is 1.97. The molecule has 0 aromatic heterocycles. The predicted molar refractivity (Wildman–Crippen MR) is 58.4 cm³/mol. The minimum atomic E-state index is 0.581. The summed E-state index contributed by atoms with van der Waals surface area (Å²) >= 11 is 6.16. The van der Waals surface area contributed by atoms with Gasteiger partial charge in [0.15, 0.2) is 0 Å². The lowest BCUT2D eigenvalue weighted by Crippen LogP contribution is -2.26. The molecule has 3 rings (SSSR count). The van der Waals surface area contributed by atoms with Crippen molar-refractivity contribution in [3.63, 3.8) is 0 Å². The Kier molecular flexibility index (Phi) is 2.03. The molecule has 1 fully saturated rings. The van der Waals surface area contributed by atoms with Crippen LogP contribution in [0.5, 0.6) is 0 Å². The van der Waals surface area contributed by atoms with Gasteiger partial charge in [-0.25, -0.2) is 0 Å². The number of halogens is 1. The maximum absolute atomic E-state index is 6.16. The first-order valence-corrected chi connectivity index (χ1v) is 5.75. The maximum Gasteiger partial charge on any atom is 0.0454 e. The van der Waals surface area contributed by atoms with E-state index >= 15 is 0 Å². The molecule has 1 nitrogen and oxygen atoms in total. The molecular formula is C12H14ClN. The fourth-order valence-corrected chi connectivity index (χ4v) is 2.82. The molecule has 0 radical (unpaired) electrons. The van der Waals surface area contributed by atoms with Gasteiger partial charge in [-0.1, -0.05) is 30.2 Å². The van der Waals surface area contributed by atoms with E-state index in [0.717, 1.165) is 17.5 Å². The average molecular weight is 208 g/mol. The van der Waals surface area contributed by atoms with E-state index in [1.807, 2.05) is 6.07 Å². The van der Waals surface area contributed by atoms with Crippen LogP contribution in [0, 0.1) is 5.92 Å². The second-order valence-corrected chi connectivity index (χ2v) is 4.76. The summed E-state index contributed by atoms with van der Waals surface area (Å²) in [5.74, 6) is 0.856. The lowest BCUT2D eigenvalue weighted by Gasteiger charge is -2.31. The molecular weight excluding hydrogens is 194 g/mol. The topological polar surface area (TPSA) is 12.0 Å². The van der Waals surface area contributed by atoms with E-state index < -0.39 is 0 Å². The third-order valence-electron chi connectivity index (χ3n) is 3.61. The molecule has 1 saturated carbocycles. The Morgan fingerprint density at radius 3 is 2.86 bits per heavy atom. The van der Waals surface area contributed by atoms with Crippen LogP contribution in [0.4, 0.5) is 0 Å². The Labute approximate surface area is 89.5 Å². The number of rotatable bonds is 1. The quantitative estimate of drug-likeness (QED) is 0.745. The van der Waals surface area contributed by atoms with E-state index in [4.69, 9.17) is 11.6 Å². The van der Waals surface area contributed by atoms with Crippen LogP contribution in [0.15, 0.2) is 18.2 Å². The summed E-state index contributed by atoms with van der Waals surface area (Å²) < 4.78 is 0. The standard InChI is InChI=1S/C12H14ClN/c13-11-6-2-5-9-10(11)7-14-12(9)8-3-1-4-8/h2,5-6,8,12,14H,1,3-4,7H2. The van der Waals surface area contributed by atoms with Gasteiger partial charge < -0.3 is 5.32 Å². The highest BCUT2D eigenvalue weighted by molar-refractivity contribution is 6.31. The van der Waals surface area contributed by atoms with E-state index in [1.165, 1.54) is 30.4 Å². The lowest BCUT2D eigenvalue weighted by atomic mass is 9.77. The first-order valence-electron chi connectivity index (χ1n) is 5.37. The van der Waals surface area contributed by atoms with Gasteiger partial charge in [-0.2, -0.15) is 0 Å². The molecule has 14 heavy (non-hydrogen) atoms. The summed E-state index contributed by atoms with van der Waals surface area (Å²) in [4.78, 5) is 0. The van der Waals surface area contributed by atoms with Gasteiger partial charge in [-0.05, 0) is 36.0 Å². The van der Waals surface area contributed by atoms with Crippen LogP contribution in [-0.2, 0) is 6.54 Å². The van der Waals surface area contributed by atoms with E-state index in [0.29, 0.717) is 6.04 Å². The van der Waals surface area contributed by atoms with Gasteiger partial charge in [0.1, 0.15) is 0 Å². The molecule has 0 saturated heterocycles. The van der Waals surface area contributed by atoms with Gasteiger partial charge in [-0.3, -0.25) is 0 Å². The Morgan fingerprint density at radius 2 is 2.14 bits per heavy atom. The van der Waals surface area contributed by atoms with Crippen LogP contribution in [0.25, 0.3) is 0 Å². The zero-order chi connectivity index (χ0) is 9.54. The highest BCUT2D eigenvalue weighted by Crippen LogP contribution is 2.42. The molecule has 1 unspecified atom stereocenters. The van der Waals surface area contributed by atoms with Crippen LogP contribution in [-0.4, -0.2) is 0 Å². The van der Waals surface area contributed by atoms with Gasteiger partial charge in [0.05, 0.1) is 0 Å². The van der Waals surface area contributed by atoms with Crippen molar-refractivity contribution in [3.05, 3.63) is 34.3 Å². The molecule has 1 heterocycles. The van der Waals surface area contributed by atoms with Gasteiger partial charge in [0, 0.05) is 17.6 Å². The molecule has 0 amide bonds. The van der Waals surface area contributed by atoms with Crippen LogP contribution in [0.1, 0.15) is 36.4 Å². The first-order chi connectivity index (χ1) is 6.86. The third kappa shape index (κ3) is 1.19. The highest BCUT2D eigenvalue weighted by Gasteiger charge is 2.33. The van der Waals surface area contributed by atoms with Crippen molar-refractivity contribution >= 4 is 11.6 Å². The number of nitrogens with one attached hydrogen (secondary N) is 1. The first kappa shape index (κ1) is 8.75. The van der Waals surface area contributed by atoms with Crippen LogP contribution < -0.4 is 5.32 Å². The molecule has 1 aromatic carbocycles. The zero-order valence-corrected chi connectivity index (χ0v) is 8.85. The summed E-state index contributed by atoms with van der Waals surface area (Å²) in [6, 6.07) is 6.87. The summed E-state index contributed by atoms with van der Waals surface area (Å²) in [6.07, 6.45) is 4.16. The number of hydrogen-bond donors (Lipinski definition) is 1. The smallest absolute Gasteiger partial charge is 0.0454 e. The molecule has 74 valence electrons. The normalized spacial score (nSPS) is 25.9. The van der Waals surface area contributed by atoms with Crippen molar-refractivity contribution in [2.45, 2.75) is 31.8 Å². The second kappa shape index (κ2) is 3.25. The monoisotopic (exact) mass is 207 g/mol. The summed E-state index contributed by atoms with van der Waals surface area (Å²) in [6.45, 7) is 0.955. The Morgan fingerprint density at radius 1 is 1.29 bits per heavy atom. The highest BCUT2D eigenvalue weighted by atomic mass is 35.5. The van der Waals surface area contributed by atoms with E-state index in [-0.39, 0.29) is 0 Å². The van der Waals surface area contributed by atoms with Gasteiger partial charge >= 0.3 is 0 Å². The molecule has 1 aromatic rings. The van der Waals surface area contributed by atoms with Crippen molar-refractivity contribution in [2.24, 2.45) is 5.92 Å². The Bertz CT molecular complexity index is 357. The van der Waals surface area contributed by atoms with E-state index in [2.05, 4.69) is 17.4 Å². The van der Waals surface area contributed by atoms with Crippen LogP contribution in [0.2, 0.25) is 5.02 Å². The van der Waals surface area contributed by atoms with Crippen molar-refractivity contribution in [1.29, 1.82) is 0 Å². The van der Waals surface area contributed by atoms with Crippen molar-refractivity contribution < 1.29 is 0 Å². The lowest BCUT2D eigenvalue weighted by molar-refractivity contribution is 0.240. The SMILES string of the molecule is Clc1cccc2c1CNC2C1CCC1. The van der Waals surface area contributed by atoms with Crippen LogP contribution >= 0.6 is 11.6 Å². The number of hydrogen-bond acceptors (Lipinski definition) is 1. The minimum absolute atomic E-state index is 0.581. The summed E-state index contributed by atoms with van der Waals surface area (Å²) in [5.41, 5.74) is 2.77. The zero-order valence-electron chi connectivity index (χ0n) is 8.09. The molecule has 1 aliphatic carbocycles. The second-order valence-electron chi connectivity index (χ2n) is 4.36. The number of benzene rings is 1. The van der Waals surface area contributed by atoms with E-state index in [1.54, 1.807) is 0 Å². The summed E-state index contributed by atoms with van der Waals surface area (Å²) in [5, 5.41) is 4.51. The molecule has 2 heteroatoms. The molecule has 0 bridgehead atoms. The van der Waals surface area contributed by atoms with Gasteiger partial charge in [0.2, 0.25) is 0 Å². The number of fused-ring (bicyclic) bond motifs is 1. The van der Waals surface area contributed by atoms with Gasteiger partial charge in [-0.15, -0.1) is 0 Å². The molecule has 0 spiro atoms. The molecule has 1 aliphatic heterocycles. The van der Waals surface area contributed by atoms with Crippen molar-refractivity contribution in [3.8, 4) is 0 Å². The van der Waals surface area contributed by atoms with Crippen molar-refractivity contribution in [2.75, 3.05) is 0 Å². The molecule has 2 aliphatic rings. The largest absolute Gasteiger partial charge is 0.306 e. The molecule has 1 N–H and O–H groups in total. The average Bonchev–Trinajstić information content (AvgIpc) is 2.48.